The summed E-state index contributed by atoms with van der Waals surface area (Å²) in [7, 11) is 0. The van der Waals surface area contributed by atoms with Crippen LogP contribution in [0, 0.1) is 13.8 Å². The molecule has 0 spiro atoms. The van der Waals surface area contributed by atoms with E-state index in [1.165, 1.54) is 33.2 Å². The molecule has 0 fully saturated rings. The fourth-order valence-corrected chi connectivity index (χ4v) is 3.38. The number of nitrogens with zero attached hydrogens (tertiary/aromatic N) is 1. The van der Waals surface area contributed by atoms with Gasteiger partial charge in [0, 0.05) is 11.6 Å². The van der Waals surface area contributed by atoms with Gasteiger partial charge in [-0.05, 0) is 55.3 Å². The number of hydrogen-bond donors (Lipinski definition) is 1. The predicted octanol–water partition coefficient (Wildman–Crippen LogP) is 5.50. The van der Waals surface area contributed by atoms with Crippen molar-refractivity contribution in [3.63, 3.8) is 0 Å². The lowest BCUT2D eigenvalue weighted by atomic mass is 10.00. The van der Waals surface area contributed by atoms with Crippen molar-refractivity contribution in [2.45, 2.75) is 13.8 Å². The Bertz CT molecular complexity index is 1020. The summed E-state index contributed by atoms with van der Waals surface area (Å²) >= 11 is 0. The second-order valence-electron chi connectivity index (χ2n) is 6.39. The van der Waals surface area contributed by atoms with E-state index in [-0.39, 0.29) is 0 Å². The van der Waals surface area contributed by atoms with E-state index in [4.69, 9.17) is 5.73 Å². The number of aromatic nitrogens is 1. The second-order valence-corrected chi connectivity index (χ2v) is 6.39. The normalized spacial score (nSPS) is 11.1. The molecule has 2 N–H and O–H groups in total. The van der Waals surface area contributed by atoms with Crippen molar-refractivity contribution in [3.8, 4) is 16.8 Å². The molecule has 118 valence electrons. The zero-order chi connectivity index (χ0) is 16.7. The lowest BCUT2D eigenvalue weighted by Crippen LogP contribution is -1.97. The first kappa shape index (κ1) is 14.6. The van der Waals surface area contributed by atoms with Gasteiger partial charge in [0.2, 0.25) is 0 Å². The third-order valence-electron chi connectivity index (χ3n) is 4.44. The Balaban J connectivity index is 1.85. The summed E-state index contributed by atoms with van der Waals surface area (Å²) < 4.78 is 2.15. The molecule has 0 atom stereocenters. The molecule has 0 radical (unpaired) electrons. The molecule has 1 heterocycles. The molecule has 2 heteroatoms. The minimum atomic E-state index is 0.786. The highest BCUT2D eigenvalue weighted by atomic mass is 15.0. The van der Waals surface area contributed by atoms with E-state index >= 15 is 0 Å². The minimum Gasteiger partial charge on any atom is -0.397 e. The van der Waals surface area contributed by atoms with Gasteiger partial charge in [-0.1, -0.05) is 47.5 Å². The maximum absolute atomic E-state index is 6.14. The van der Waals surface area contributed by atoms with Gasteiger partial charge in [-0.25, -0.2) is 0 Å². The highest BCUT2D eigenvalue weighted by molar-refractivity contribution is 5.87. The first-order valence-corrected chi connectivity index (χ1v) is 8.16. The number of nitrogen functional groups attached to an aromatic ring is 1. The van der Waals surface area contributed by atoms with Gasteiger partial charge < -0.3 is 10.3 Å². The van der Waals surface area contributed by atoms with E-state index in [2.05, 4.69) is 67.1 Å². The van der Waals surface area contributed by atoms with Crippen LogP contribution in [0.1, 0.15) is 11.1 Å². The van der Waals surface area contributed by atoms with Crippen molar-refractivity contribution in [2.24, 2.45) is 0 Å². The van der Waals surface area contributed by atoms with Gasteiger partial charge in [0.25, 0.3) is 0 Å². The van der Waals surface area contributed by atoms with Crippen LogP contribution in [-0.4, -0.2) is 4.57 Å². The second kappa shape index (κ2) is 5.57. The predicted molar refractivity (Wildman–Crippen MR) is 103 cm³/mol. The summed E-state index contributed by atoms with van der Waals surface area (Å²) in [5.41, 5.74) is 14.2. The number of benzene rings is 3. The number of nitrogens with two attached hydrogens (primary N) is 1. The molecule has 1 aromatic heterocycles. The van der Waals surface area contributed by atoms with Gasteiger partial charge in [-0.3, -0.25) is 0 Å². The molecule has 4 rings (SSSR count). The van der Waals surface area contributed by atoms with E-state index in [9.17, 15) is 0 Å². The van der Waals surface area contributed by atoms with Crippen LogP contribution in [0.15, 0.2) is 72.9 Å². The molecule has 0 unspecified atom stereocenters. The molecule has 0 aliphatic carbocycles. The van der Waals surface area contributed by atoms with Crippen molar-refractivity contribution in [2.75, 3.05) is 5.73 Å². The number of fused-ring (bicyclic) bond motifs is 1. The van der Waals surface area contributed by atoms with E-state index in [0.29, 0.717) is 0 Å². The van der Waals surface area contributed by atoms with Gasteiger partial charge in [0.1, 0.15) is 0 Å². The van der Waals surface area contributed by atoms with Crippen LogP contribution >= 0.6 is 0 Å². The Morgan fingerprint density at radius 2 is 1.50 bits per heavy atom. The zero-order valence-electron chi connectivity index (χ0n) is 14.0. The third kappa shape index (κ3) is 2.46. The SMILES string of the molecule is Cc1cc(C)cc(-c2ccc3c(ccn3-c3ccccc3N)c2)c1. The van der Waals surface area contributed by atoms with E-state index in [1.807, 2.05) is 24.3 Å². The standard InChI is InChI=1S/C22H20N2/c1-15-11-16(2)13-19(12-15)17-7-8-21-18(14-17)9-10-24(21)22-6-4-3-5-20(22)23/h3-14H,23H2,1-2H3. The van der Waals surface area contributed by atoms with Crippen molar-refractivity contribution in [3.05, 3.63) is 84.1 Å². The summed E-state index contributed by atoms with van der Waals surface area (Å²) in [6, 6.07) is 23.4. The van der Waals surface area contributed by atoms with Gasteiger partial charge in [-0.15, -0.1) is 0 Å². The van der Waals surface area contributed by atoms with Crippen molar-refractivity contribution in [1.29, 1.82) is 0 Å². The van der Waals surface area contributed by atoms with Gasteiger partial charge in [-0.2, -0.15) is 0 Å². The van der Waals surface area contributed by atoms with E-state index < -0.39 is 0 Å². The molecule has 2 nitrogen and oxygen atoms in total. The lowest BCUT2D eigenvalue weighted by Gasteiger charge is -2.10. The Kier molecular flexibility index (Phi) is 3.39. The monoisotopic (exact) mass is 312 g/mol. The minimum absolute atomic E-state index is 0.786. The van der Waals surface area contributed by atoms with Crippen molar-refractivity contribution < 1.29 is 0 Å². The average Bonchev–Trinajstić information content (AvgIpc) is 2.97. The number of rotatable bonds is 2. The molecule has 0 amide bonds. The summed E-state index contributed by atoms with van der Waals surface area (Å²) in [6.45, 7) is 4.29. The Labute approximate surface area is 142 Å². The van der Waals surface area contributed by atoms with Crippen molar-refractivity contribution >= 4 is 16.6 Å². The Morgan fingerprint density at radius 3 is 2.25 bits per heavy atom. The maximum atomic E-state index is 6.14. The van der Waals surface area contributed by atoms with Crippen LogP contribution in [0.3, 0.4) is 0 Å². The smallest absolute Gasteiger partial charge is 0.0685 e. The topological polar surface area (TPSA) is 30.9 Å². The molecule has 4 aromatic rings. The van der Waals surface area contributed by atoms with Crippen molar-refractivity contribution in [1.82, 2.24) is 4.57 Å². The Hall–Kier alpha value is -3.00. The molecule has 0 saturated carbocycles. The fraction of sp³-hybridized carbons (Fsp3) is 0.0909. The third-order valence-corrected chi connectivity index (χ3v) is 4.44. The summed E-state index contributed by atoms with van der Waals surface area (Å²) in [5, 5.41) is 1.22. The zero-order valence-corrected chi connectivity index (χ0v) is 14.0. The van der Waals surface area contributed by atoms with Crippen LogP contribution in [0.25, 0.3) is 27.7 Å². The summed E-state index contributed by atoms with van der Waals surface area (Å²) in [6.07, 6.45) is 2.08. The molecule has 0 saturated heterocycles. The molecular weight excluding hydrogens is 292 g/mol. The lowest BCUT2D eigenvalue weighted by molar-refractivity contribution is 1.13. The average molecular weight is 312 g/mol. The van der Waals surface area contributed by atoms with E-state index in [1.54, 1.807) is 0 Å². The quantitative estimate of drug-likeness (QED) is 0.487. The number of aryl methyl sites for hydroxylation is 2. The Morgan fingerprint density at radius 1 is 0.750 bits per heavy atom. The highest BCUT2D eigenvalue weighted by Gasteiger charge is 2.07. The van der Waals surface area contributed by atoms with Crippen LogP contribution in [0.5, 0.6) is 0 Å². The molecule has 0 bridgehead atoms. The first-order chi connectivity index (χ1) is 11.6. The molecular formula is C22H20N2. The number of anilines is 1. The molecule has 3 aromatic carbocycles. The maximum Gasteiger partial charge on any atom is 0.0685 e. The number of para-hydroxylation sites is 2. The van der Waals surface area contributed by atoms with Gasteiger partial charge in [0.05, 0.1) is 16.9 Å². The first-order valence-electron chi connectivity index (χ1n) is 8.16. The largest absolute Gasteiger partial charge is 0.397 e. The molecule has 24 heavy (non-hydrogen) atoms. The molecule has 0 aliphatic rings. The van der Waals surface area contributed by atoms with Crippen LogP contribution < -0.4 is 5.73 Å². The van der Waals surface area contributed by atoms with Crippen LogP contribution in [-0.2, 0) is 0 Å². The van der Waals surface area contributed by atoms with Gasteiger partial charge >= 0.3 is 0 Å². The van der Waals surface area contributed by atoms with Gasteiger partial charge in [0.15, 0.2) is 0 Å². The van der Waals surface area contributed by atoms with Crippen LogP contribution in [0.4, 0.5) is 5.69 Å². The summed E-state index contributed by atoms with van der Waals surface area (Å²) in [5.74, 6) is 0. The summed E-state index contributed by atoms with van der Waals surface area (Å²) in [4.78, 5) is 0. The van der Waals surface area contributed by atoms with E-state index in [0.717, 1.165) is 11.4 Å². The highest BCUT2D eigenvalue weighted by Crippen LogP contribution is 2.29. The fourth-order valence-electron chi connectivity index (χ4n) is 3.38. The number of hydrogen-bond acceptors (Lipinski definition) is 1. The van der Waals surface area contributed by atoms with Crippen LogP contribution in [0.2, 0.25) is 0 Å². The molecule has 0 aliphatic heterocycles.